The highest BCUT2D eigenvalue weighted by atomic mass is 16.5. The zero-order chi connectivity index (χ0) is 27.5. The lowest BCUT2D eigenvalue weighted by molar-refractivity contribution is -0.168. The van der Waals surface area contributed by atoms with E-state index in [0.717, 1.165) is 22.3 Å². The average molecular weight is 528 g/mol. The Bertz CT molecular complexity index is 1370. The number of allylic oxidation sites excluding steroid dienone is 2. The van der Waals surface area contributed by atoms with Crippen LogP contribution in [-0.2, 0) is 46.3 Å². The maximum atomic E-state index is 14.5. The number of benzene rings is 2. The molecule has 0 radical (unpaired) electrons. The van der Waals surface area contributed by atoms with Gasteiger partial charge >= 0.3 is 11.9 Å². The Morgan fingerprint density at radius 1 is 0.692 bits per heavy atom. The highest BCUT2D eigenvalue weighted by Gasteiger charge is 2.64. The van der Waals surface area contributed by atoms with Crippen LogP contribution in [0.5, 0.6) is 0 Å². The summed E-state index contributed by atoms with van der Waals surface area (Å²) in [5, 5.41) is 0. The maximum Gasteiger partial charge on any atom is 0.320 e. The molecule has 0 saturated carbocycles. The van der Waals surface area contributed by atoms with Gasteiger partial charge in [-0.15, -0.1) is 0 Å². The Morgan fingerprint density at radius 3 is 1.56 bits per heavy atom. The molecule has 4 atom stereocenters. The fourth-order valence-electron chi connectivity index (χ4n) is 7.34. The van der Waals surface area contributed by atoms with Gasteiger partial charge in [-0.2, -0.15) is 0 Å². The molecule has 1 fully saturated rings. The van der Waals surface area contributed by atoms with E-state index in [1.807, 2.05) is 30.3 Å². The van der Waals surface area contributed by atoms with Gasteiger partial charge in [0.05, 0.1) is 31.7 Å². The van der Waals surface area contributed by atoms with E-state index in [0.29, 0.717) is 5.69 Å². The molecule has 0 N–H and O–H groups in total. The van der Waals surface area contributed by atoms with Crippen molar-refractivity contribution in [3.05, 3.63) is 76.9 Å². The third-order valence-electron chi connectivity index (χ3n) is 9.16. The van der Waals surface area contributed by atoms with Crippen LogP contribution in [0.25, 0.3) is 0 Å². The van der Waals surface area contributed by atoms with E-state index in [4.69, 9.17) is 9.47 Å². The number of carbonyl (C=O) groups excluding carboxylic acids is 5. The van der Waals surface area contributed by atoms with Gasteiger partial charge in [0.2, 0.25) is 11.8 Å². The molecule has 8 heteroatoms. The van der Waals surface area contributed by atoms with Gasteiger partial charge in [-0.05, 0) is 61.8 Å². The van der Waals surface area contributed by atoms with Crippen LogP contribution >= 0.6 is 0 Å². The number of methoxy groups -OCH3 is 2. The Balaban J connectivity index is 1.49. The van der Waals surface area contributed by atoms with Crippen LogP contribution in [0.3, 0.4) is 0 Å². The van der Waals surface area contributed by atoms with Crippen molar-refractivity contribution in [2.24, 2.45) is 22.7 Å². The number of imide groups is 1. The van der Waals surface area contributed by atoms with E-state index >= 15 is 0 Å². The molecule has 200 valence electrons. The largest absolute Gasteiger partial charge is 0.468 e. The zero-order valence-electron chi connectivity index (χ0n) is 21.9. The number of esters is 2. The normalized spacial score (nSPS) is 29.6. The summed E-state index contributed by atoms with van der Waals surface area (Å²) >= 11 is 0. The summed E-state index contributed by atoms with van der Waals surface area (Å²) in [6, 6.07) is 16.3. The predicted molar refractivity (Wildman–Crippen MR) is 139 cm³/mol. The van der Waals surface area contributed by atoms with Gasteiger partial charge in [0.1, 0.15) is 10.8 Å². The van der Waals surface area contributed by atoms with Crippen molar-refractivity contribution in [2.75, 3.05) is 19.1 Å². The molecule has 2 aromatic carbocycles. The number of carbonyl (C=O) groups is 5. The second kappa shape index (κ2) is 9.00. The van der Waals surface area contributed by atoms with Gasteiger partial charge in [-0.3, -0.25) is 28.9 Å². The number of para-hydroxylation sites is 1. The highest BCUT2D eigenvalue weighted by Crippen LogP contribution is 2.56. The van der Waals surface area contributed by atoms with Gasteiger partial charge in [0.15, 0.2) is 5.78 Å². The van der Waals surface area contributed by atoms with Crippen LogP contribution < -0.4 is 4.90 Å². The van der Waals surface area contributed by atoms with Crippen LogP contribution in [0.1, 0.15) is 36.8 Å². The van der Waals surface area contributed by atoms with E-state index < -0.39 is 40.4 Å². The number of anilines is 1. The first kappa shape index (κ1) is 25.2. The fourth-order valence-corrected chi connectivity index (χ4v) is 7.34. The Labute approximate surface area is 226 Å². The summed E-state index contributed by atoms with van der Waals surface area (Å²) in [6.07, 6.45) is 0.744. The maximum absolute atomic E-state index is 14.5. The third kappa shape index (κ3) is 3.53. The van der Waals surface area contributed by atoms with Crippen molar-refractivity contribution in [1.82, 2.24) is 0 Å². The van der Waals surface area contributed by atoms with Crippen molar-refractivity contribution in [3.8, 4) is 0 Å². The van der Waals surface area contributed by atoms with Gasteiger partial charge in [-0.1, -0.05) is 53.6 Å². The fraction of sp³-hybridized carbons (Fsp3) is 0.387. The summed E-state index contributed by atoms with van der Waals surface area (Å²) in [7, 11) is 2.49. The highest BCUT2D eigenvalue weighted by molar-refractivity contribution is 6.22. The molecule has 4 aliphatic rings. The molecule has 39 heavy (non-hydrogen) atoms. The molecule has 6 rings (SSSR count). The summed E-state index contributed by atoms with van der Waals surface area (Å²) in [5.41, 5.74) is 0.416. The molecular formula is C31H29NO7. The first-order chi connectivity index (χ1) is 18.8. The number of nitrogens with zero attached hydrogens (tertiary/aromatic N) is 1. The van der Waals surface area contributed by atoms with Crippen LogP contribution in [0.15, 0.2) is 65.7 Å². The quantitative estimate of drug-likeness (QED) is 0.261. The second-order valence-corrected chi connectivity index (χ2v) is 11.1. The minimum absolute atomic E-state index is 0.0386. The van der Waals surface area contributed by atoms with Gasteiger partial charge in [-0.25, -0.2) is 0 Å². The minimum atomic E-state index is -1.65. The SMILES string of the molecule is COC(=O)[C@]12CC3=C(C[C@@H]4C(=O)N(c5ccccc5)C(=O)[C@@H]4C3)C[C@](C(=O)OC)(Cc3ccccc3C1)C2=O. The zero-order valence-corrected chi connectivity index (χ0v) is 21.9. The molecule has 1 aliphatic heterocycles. The Morgan fingerprint density at radius 2 is 1.13 bits per heavy atom. The lowest BCUT2D eigenvalue weighted by Crippen LogP contribution is -2.52. The number of Topliss-reactive ketones (excluding diaryl/α,β-unsaturated/α-hetero) is 1. The molecule has 3 aliphatic carbocycles. The van der Waals surface area contributed by atoms with Crippen molar-refractivity contribution in [2.45, 2.75) is 38.5 Å². The molecule has 0 aromatic heterocycles. The number of hydrogen-bond donors (Lipinski definition) is 0. The summed E-state index contributed by atoms with van der Waals surface area (Å²) in [6.45, 7) is 0. The summed E-state index contributed by atoms with van der Waals surface area (Å²) < 4.78 is 10.5. The first-order valence-corrected chi connectivity index (χ1v) is 13.2. The number of fused-ring (bicyclic) bond motifs is 4. The smallest absolute Gasteiger partial charge is 0.320 e. The summed E-state index contributed by atoms with van der Waals surface area (Å²) in [5.74, 6) is -3.66. The standard InChI is InChI=1S/C31H29NO7/c1-38-28(36)30-14-18-8-6-7-9-19(18)15-31(27(30)35,29(37)39-2)17-21-13-24-23(12-20(21)16-30)25(33)32(26(24)34)22-10-4-3-5-11-22/h3-11,23-24H,12-17H2,1-2H3/t23-,24+,30+,31-. The van der Waals surface area contributed by atoms with Gasteiger partial charge in [0, 0.05) is 0 Å². The number of rotatable bonds is 3. The molecule has 0 unspecified atom stereocenters. The molecule has 2 aromatic rings. The van der Waals surface area contributed by atoms with E-state index in [9.17, 15) is 24.0 Å². The van der Waals surface area contributed by atoms with Crippen molar-refractivity contribution in [3.63, 3.8) is 0 Å². The lowest BCUT2D eigenvalue weighted by Gasteiger charge is -2.34. The third-order valence-corrected chi connectivity index (χ3v) is 9.16. The first-order valence-electron chi connectivity index (χ1n) is 13.2. The molecule has 1 heterocycles. The Kier molecular flexibility index (Phi) is 5.82. The number of hydrogen-bond acceptors (Lipinski definition) is 7. The molecule has 2 bridgehead atoms. The van der Waals surface area contributed by atoms with Gasteiger partial charge < -0.3 is 9.47 Å². The molecule has 0 spiro atoms. The molecule has 1 saturated heterocycles. The van der Waals surface area contributed by atoms with Crippen molar-refractivity contribution < 1.29 is 33.4 Å². The van der Waals surface area contributed by atoms with E-state index in [1.165, 1.54) is 19.1 Å². The number of ketones is 1. The van der Waals surface area contributed by atoms with Gasteiger partial charge in [0.25, 0.3) is 0 Å². The van der Waals surface area contributed by atoms with Crippen molar-refractivity contribution >= 4 is 35.2 Å². The van der Waals surface area contributed by atoms with Crippen molar-refractivity contribution in [1.29, 1.82) is 0 Å². The van der Waals surface area contributed by atoms with Crippen LogP contribution in [0, 0.1) is 22.7 Å². The predicted octanol–water partition coefficient (Wildman–Crippen LogP) is 3.36. The topological polar surface area (TPSA) is 107 Å². The summed E-state index contributed by atoms with van der Waals surface area (Å²) in [4.78, 5) is 70.1. The lowest BCUT2D eigenvalue weighted by atomic mass is 9.65. The van der Waals surface area contributed by atoms with E-state index in [2.05, 4.69) is 0 Å². The second-order valence-electron chi connectivity index (χ2n) is 11.1. The minimum Gasteiger partial charge on any atom is -0.468 e. The molecular weight excluding hydrogens is 498 g/mol. The van der Waals surface area contributed by atoms with Crippen LogP contribution in [0.4, 0.5) is 5.69 Å². The monoisotopic (exact) mass is 527 g/mol. The molecule has 2 amide bonds. The van der Waals surface area contributed by atoms with Crippen LogP contribution in [0.2, 0.25) is 0 Å². The van der Waals surface area contributed by atoms with E-state index in [-0.39, 0.29) is 50.3 Å². The number of amides is 2. The number of ether oxygens (including phenoxy) is 2. The van der Waals surface area contributed by atoms with Crippen LogP contribution in [-0.4, -0.2) is 43.8 Å². The van der Waals surface area contributed by atoms with E-state index in [1.54, 1.807) is 24.3 Å². The molecule has 8 nitrogen and oxygen atoms in total. The Hall–Kier alpha value is -4.07. The average Bonchev–Trinajstić information content (AvgIpc) is 3.07.